The van der Waals surface area contributed by atoms with E-state index in [1.165, 1.54) is 6.42 Å². The fourth-order valence-electron chi connectivity index (χ4n) is 2.91. The van der Waals surface area contributed by atoms with Crippen LogP contribution in [0.3, 0.4) is 0 Å². The standard InChI is InChI=1S/C20H24ClNO3.ClH/c1-23-20-11-15(12-22-13-18-6-3-9-24-18)7-8-19(20)25-14-16-4-2-5-17(21)10-16;/h2,4-5,7-8,10-11,18,22H,3,6,9,12-14H2,1H3;1H/p-1. The summed E-state index contributed by atoms with van der Waals surface area (Å²) in [5.74, 6) is 1.46. The second kappa shape index (κ2) is 10.6. The number of methoxy groups -OCH3 is 1. The minimum Gasteiger partial charge on any atom is -1.00 e. The molecule has 142 valence electrons. The molecule has 3 rings (SSSR count). The number of rotatable bonds is 8. The van der Waals surface area contributed by atoms with Crippen molar-refractivity contribution in [2.24, 2.45) is 0 Å². The molecule has 1 heterocycles. The van der Waals surface area contributed by atoms with Gasteiger partial charge in [-0.15, -0.1) is 0 Å². The SMILES string of the molecule is COc1cc(CNCC2CCCO2)ccc1OCc1cccc(Cl)c1.[Cl-]. The van der Waals surface area contributed by atoms with E-state index in [9.17, 15) is 0 Å². The van der Waals surface area contributed by atoms with E-state index in [1.807, 2.05) is 36.4 Å². The summed E-state index contributed by atoms with van der Waals surface area (Å²) in [5.41, 5.74) is 2.18. The quantitative estimate of drug-likeness (QED) is 0.727. The molecule has 2 aromatic rings. The molecule has 0 saturated carbocycles. The number of halogens is 2. The number of ether oxygens (including phenoxy) is 3. The van der Waals surface area contributed by atoms with E-state index in [1.54, 1.807) is 7.11 Å². The molecule has 1 saturated heterocycles. The Morgan fingerprint density at radius 2 is 2.04 bits per heavy atom. The third-order valence-corrected chi connectivity index (χ3v) is 4.47. The zero-order chi connectivity index (χ0) is 17.5. The molecule has 6 heteroatoms. The van der Waals surface area contributed by atoms with Crippen LogP contribution >= 0.6 is 11.6 Å². The van der Waals surface area contributed by atoms with E-state index in [2.05, 4.69) is 11.4 Å². The monoisotopic (exact) mass is 396 g/mol. The molecule has 1 aliphatic rings. The first-order valence-electron chi connectivity index (χ1n) is 8.61. The molecule has 0 amide bonds. The normalized spacial score (nSPS) is 16.2. The van der Waals surface area contributed by atoms with Crippen LogP contribution in [-0.4, -0.2) is 26.4 Å². The minimum atomic E-state index is 0. The van der Waals surface area contributed by atoms with Crippen molar-refractivity contribution in [3.8, 4) is 11.5 Å². The summed E-state index contributed by atoms with van der Waals surface area (Å²) in [4.78, 5) is 0. The van der Waals surface area contributed by atoms with Crippen LogP contribution in [0.15, 0.2) is 42.5 Å². The topological polar surface area (TPSA) is 39.7 Å². The van der Waals surface area contributed by atoms with Crippen LogP contribution in [0.4, 0.5) is 0 Å². The lowest BCUT2D eigenvalue weighted by atomic mass is 10.2. The van der Waals surface area contributed by atoms with Gasteiger partial charge in [-0.05, 0) is 48.2 Å². The molecule has 0 aromatic heterocycles. The Kier molecular flexibility index (Phi) is 8.52. The summed E-state index contributed by atoms with van der Waals surface area (Å²) in [5, 5.41) is 4.15. The van der Waals surface area contributed by atoms with Crippen LogP contribution in [0.25, 0.3) is 0 Å². The van der Waals surface area contributed by atoms with Crippen LogP contribution in [0, 0.1) is 0 Å². The first-order valence-corrected chi connectivity index (χ1v) is 8.99. The van der Waals surface area contributed by atoms with Crippen molar-refractivity contribution in [1.82, 2.24) is 5.32 Å². The summed E-state index contributed by atoms with van der Waals surface area (Å²) in [6, 6.07) is 13.7. The fourth-order valence-corrected chi connectivity index (χ4v) is 3.12. The summed E-state index contributed by atoms with van der Waals surface area (Å²) in [6.45, 7) is 3.01. The lowest BCUT2D eigenvalue weighted by molar-refractivity contribution is -0.00000688. The molecular formula is C20H24Cl2NO3-. The average molecular weight is 397 g/mol. The first-order chi connectivity index (χ1) is 12.2. The van der Waals surface area contributed by atoms with Crippen molar-refractivity contribution in [3.05, 3.63) is 58.6 Å². The molecule has 1 atom stereocenters. The van der Waals surface area contributed by atoms with E-state index >= 15 is 0 Å². The van der Waals surface area contributed by atoms with Crippen molar-refractivity contribution in [2.75, 3.05) is 20.3 Å². The molecular weight excluding hydrogens is 373 g/mol. The molecule has 0 aliphatic carbocycles. The van der Waals surface area contributed by atoms with E-state index in [0.29, 0.717) is 17.7 Å². The number of benzene rings is 2. The lowest BCUT2D eigenvalue weighted by Crippen LogP contribution is -3.00. The maximum absolute atomic E-state index is 6.01. The molecule has 1 N–H and O–H groups in total. The van der Waals surface area contributed by atoms with E-state index < -0.39 is 0 Å². The Labute approximate surface area is 166 Å². The minimum absolute atomic E-state index is 0. The predicted molar refractivity (Wildman–Crippen MR) is 99.5 cm³/mol. The van der Waals surface area contributed by atoms with Gasteiger partial charge in [0.2, 0.25) is 0 Å². The molecule has 26 heavy (non-hydrogen) atoms. The van der Waals surface area contributed by atoms with Gasteiger partial charge in [0, 0.05) is 24.7 Å². The van der Waals surface area contributed by atoms with Gasteiger partial charge in [-0.2, -0.15) is 0 Å². The summed E-state index contributed by atoms with van der Waals surface area (Å²) in [7, 11) is 1.66. The Morgan fingerprint density at radius 3 is 2.77 bits per heavy atom. The van der Waals surface area contributed by atoms with Gasteiger partial charge in [0.15, 0.2) is 11.5 Å². The van der Waals surface area contributed by atoms with Crippen molar-refractivity contribution in [1.29, 1.82) is 0 Å². The zero-order valence-corrected chi connectivity index (χ0v) is 16.4. The molecule has 0 spiro atoms. The maximum atomic E-state index is 6.01. The molecule has 2 aromatic carbocycles. The zero-order valence-electron chi connectivity index (χ0n) is 14.8. The van der Waals surface area contributed by atoms with Gasteiger partial charge in [-0.25, -0.2) is 0 Å². The van der Waals surface area contributed by atoms with Crippen molar-refractivity contribution < 1.29 is 26.6 Å². The number of nitrogens with one attached hydrogen (secondary N) is 1. The lowest BCUT2D eigenvalue weighted by Gasteiger charge is -2.14. The highest BCUT2D eigenvalue weighted by Crippen LogP contribution is 2.29. The average Bonchev–Trinajstić information content (AvgIpc) is 3.14. The van der Waals surface area contributed by atoms with Crippen LogP contribution in [0.1, 0.15) is 24.0 Å². The second-order valence-corrected chi connectivity index (χ2v) is 6.61. The Morgan fingerprint density at radius 1 is 1.15 bits per heavy atom. The molecule has 1 unspecified atom stereocenters. The predicted octanol–water partition coefficient (Wildman–Crippen LogP) is 1.20. The molecule has 0 bridgehead atoms. The van der Waals surface area contributed by atoms with Crippen LogP contribution in [-0.2, 0) is 17.9 Å². The number of hydrogen-bond acceptors (Lipinski definition) is 4. The van der Waals surface area contributed by atoms with Gasteiger partial charge in [0.25, 0.3) is 0 Å². The van der Waals surface area contributed by atoms with Crippen molar-refractivity contribution >= 4 is 11.6 Å². The first kappa shape index (κ1) is 20.8. The summed E-state index contributed by atoms with van der Waals surface area (Å²) >= 11 is 6.01. The molecule has 1 fully saturated rings. The third kappa shape index (κ3) is 6.06. The summed E-state index contributed by atoms with van der Waals surface area (Å²) < 4.78 is 17.0. The highest BCUT2D eigenvalue weighted by atomic mass is 35.5. The van der Waals surface area contributed by atoms with Crippen molar-refractivity contribution in [2.45, 2.75) is 32.1 Å². The smallest absolute Gasteiger partial charge is 0.161 e. The molecule has 0 radical (unpaired) electrons. The molecule has 1 aliphatic heterocycles. The Balaban J connectivity index is 0.00000243. The number of hydrogen-bond donors (Lipinski definition) is 1. The highest BCUT2D eigenvalue weighted by Gasteiger charge is 2.14. The van der Waals surface area contributed by atoms with Gasteiger partial charge in [0.1, 0.15) is 6.61 Å². The Bertz CT molecular complexity index is 691. The van der Waals surface area contributed by atoms with Crippen molar-refractivity contribution in [3.63, 3.8) is 0 Å². The van der Waals surface area contributed by atoms with Crippen LogP contribution in [0.2, 0.25) is 5.02 Å². The van der Waals surface area contributed by atoms with Gasteiger partial charge in [-0.1, -0.05) is 29.8 Å². The van der Waals surface area contributed by atoms with Gasteiger partial charge in [0.05, 0.1) is 13.2 Å². The van der Waals surface area contributed by atoms with Crippen LogP contribution in [0.5, 0.6) is 11.5 Å². The van der Waals surface area contributed by atoms with Crippen LogP contribution < -0.4 is 27.2 Å². The van der Waals surface area contributed by atoms with E-state index in [4.69, 9.17) is 25.8 Å². The van der Waals surface area contributed by atoms with E-state index in [0.717, 1.165) is 48.7 Å². The second-order valence-electron chi connectivity index (χ2n) is 6.17. The van der Waals surface area contributed by atoms with Gasteiger partial charge in [-0.3, -0.25) is 0 Å². The third-order valence-electron chi connectivity index (χ3n) is 4.24. The van der Waals surface area contributed by atoms with E-state index in [-0.39, 0.29) is 12.4 Å². The Hall–Kier alpha value is -1.46. The van der Waals surface area contributed by atoms with Gasteiger partial charge < -0.3 is 31.9 Å². The maximum Gasteiger partial charge on any atom is 0.161 e. The summed E-state index contributed by atoms with van der Waals surface area (Å²) in [6.07, 6.45) is 2.66. The molecule has 4 nitrogen and oxygen atoms in total. The highest BCUT2D eigenvalue weighted by molar-refractivity contribution is 6.30. The van der Waals surface area contributed by atoms with Gasteiger partial charge >= 0.3 is 0 Å². The fraction of sp³-hybridized carbons (Fsp3) is 0.400. The largest absolute Gasteiger partial charge is 1.00 e.